The smallest absolute Gasteiger partial charge is 0.342 e. The predicted octanol–water partition coefficient (Wildman–Crippen LogP) is 6.85. The number of methoxy groups -OCH3 is 1. The molecule has 2 aliphatic rings. The van der Waals surface area contributed by atoms with Crippen molar-refractivity contribution < 1.29 is 42.7 Å². The molecule has 11 nitrogen and oxygen atoms in total. The first-order valence-electron chi connectivity index (χ1n) is 16.9. The highest BCUT2D eigenvalue weighted by molar-refractivity contribution is 5.97. The van der Waals surface area contributed by atoms with Crippen LogP contribution in [0.4, 0.5) is 5.82 Å². The largest absolute Gasteiger partial charge is 0.493 e. The first-order valence-corrected chi connectivity index (χ1v) is 16.9. The minimum Gasteiger partial charge on any atom is -0.493 e. The normalized spacial score (nSPS) is 24.4. The fourth-order valence-corrected chi connectivity index (χ4v) is 5.64. The molecule has 0 saturated carbocycles. The standard InChI is InChI=1S/C39H46N2O9/c1-26-18-19-31(48-37(42)28-13-7-6-8-14-28)36-32(49-39(3,4)50-36)16-11-15-29-23-30(45-22-12-21-41-34-17-9-10-20-40-34)24-33(46-25-44-5)35(29)38(43)47-27(26)2/h6-11,13-15,17-20,23-24,26-27,31-32,36H,12,16,21-22,25H2,1-5H3,(H,40,41)/b15-11+,19-18-/t26-,27?,31?,32?,36?/m1/s1. The van der Waals surface area contributed by atoms with Crippen LogP contribution >= 0.6 is 0 Å². The van der Waals surface area contributed by atoms with Crippen molar-refractivity contribution in [3.63, 3.8) is 0 Å². The number of hydrogen-bond donors (Lipinski definition) is 1. The molecule has 5 rings (SSSR count). The number of ether oxygens (including phenoxy) is 7. The number of carbonyl (C=O) groups excluding carboxylic acids is 2. The van der Waals surface area contributed by atoms with Crippen LogP contribution < -0.4 is 14.8 Å². The van der Waals surface area contributed by atoms with E-state index in [0.717, 1.165) is 5.82 Å². The Morgan fingerprint density at radius 3 is 2.58 bits per heavy atom. The maximum atomic E-state index is 13.8. The number of cyclic esters (lactones) is 1. The first kappa shape index (κ1) is 36.6. The summed E-state index contributed by atoms with van der Waals surface area (Å²) in [5.74, 6) is -0.630. The molecule has 0 bridgehead atoms. The summed E-state index contributed by atoms with van der Waals surface area (Å²) in [7, 11) is 1.51. The molecule has 0 aliphatic carbocycles. The fraction of sp³-hybridized carbons (Fsp3) is 0.410. The van der Waals surface area contributed by atoms with Gasteiger partial charge in [0.2, 0.25) is 0 Å². The zero-order valence-electron chi connectivity index (χ0n) is 29.2. The van der Waals surface area contributed by atoms with Gasteiger partial charge in [0.1, 0.15) is 41.2 Å². The highest BCUT2D eigenvalue weighted by Crippen LogP contribution is 2.36. The van der Waals surface area contributed by atoms with E-state index in [4.69, 9.17) is 33.2 Å². The van der Waals surface area contributed by atoms with Gasteiger partial charge in [0.05, 0.1) is 18.3 Å². The van der Waals surface area contributed by atoms with Crippen molar-refractivity contribution in [3.8, 4) is 11.5 Å². The molecule has 3 aromatic rings. The van der Waals surface area contributed by atoms with Crippen LogP contribution in [-0.4, -0.2) is 74.2 Å². The Balaban J connectivity index is 1.43. The minimum absolute atomic E-state index is 0.0807. The van der Waals surface area contributed by atoms with Crippen LogP contribution in [0.25, 0.3) is 6.08 Å². The lowest BCUT2D eigenvalue weighted by Crippen LogP contribution is -2.37. The number of pyridine rings is 1. The third kappa shape index (κ3) is 9.93. The van der Waals surface area contributed by atoms with E-state index in [2.05, 4.69) is 10.3 Å². The molecule has 5 atom stereocenters. The molecule has 0 spiro atoms. The number of nitrogens with zero attached hydrogens (tertiary/aromatic N) is 1. The van der Waals surface area contributed by atoms with E-state index in [0.29, 0.717) is 42.9 Å². The van der Waals surface area contributed by atoms with Crippen LogP contribution in [0.2, 0.25) is 0 Å². The Morgan fingerprint density at radius 2 is 1.82 bits per heavy atom. The van der Waals surface area contributed by atoms with Crippen molar-refractivity contribution in [1.82, 2.24) is 4.98 Å². The molecular weight excluding hydrogens is 640 g/mol. The average Bonchev–Trinajstić information content (AvgIpc) is 3.42. The SMILES string of the molecule is COCOc1cc(OCCCNc2ccccn2)cc2c1C(=O)OC(C)[C@H](C)/C=C\C(OC(=O)c1ccccc1)C1OC(C)(C)OC1C/C=C/2. The van der Waals surface area contributed by atoms with Gasteiger partial charge in [0.15, 0.2) is 12.6 Å². The third-order valence-electron chi connectivity index (χ3n) is 8.30. The van der Waals surface area contributed by atoms with Gasteiger partial charge in [-0.05, 0) is 75.6 Å². The number of anilines is 1. The summed E-state index contributed by atoms with van der Waals surface area (Å²) in [6.45, 7) is 8.39. The van der Waals surface area contributed by atoms with Crippen LogP contribution in [0.3, 0.4) is 0 Å². The van der Waals surface area contributed by atoms with Crippen LogP contribution in [0.5, 0.6) is 11.5 Å². The van der Waals surface area contributed by atoms with E-state index < -0.39 is 42.1 Å². The van der Waals surface area contributed by atoms with Gasteiger partial charge in [-0.15, -0.1) is 0 Å². The van der Waals surface area contributed by atoms with Crippen molar-refractivity contribution >= 4 is 23.8 Å². The zero-order chi connectivity index (χ0) is 35.5. The van der Waals surface area contributed by atoms with Gasteiger partial charge in [-0.2, -0.15) is 0 Å². The maximum absolute atomic E-state index is 13.8. The molecule has 1 fully saturated rings. The van der Waals surface area contributed by atoms with E-state index in [9.17, 15) is 9.59 Å². The van der Waals surface area contributed by atoms with Crippen LogP contribution in [-0.2, 0) is 23.7 Å². The van der Waals surface area contributed by atoms with Crippen molar-refractivity contribution in [2.45, 2.75) is 70.7 Å². The van der Waals surface area contributed by atoms with E-state index in [1.807, 2.05) is 70.2 Å². The summed E-state index contributed by atoms with van der Waals surface area (Å²) in [5.41, 5.74) is 1.22. The summed E-state index contributed by atoms with van der Waals surface area (Å²) in [6, 6.07) is 18.0. The lowest BCUT2D eigenvalue weighted by molar-refractivity contribution is -0.152. The van der Waals surface area contributed by atoms with Gasteiger partial charge < -0.3 is 38.5 Å². The van der Waals surface area contributed by atoms with Gasteiger partial charge in [-0.3, -0.25) is 0 Å². The van der Waals surface area contributed by atoms with Gasteiger partial charge >= 0.3 is 11.9 Å². The van der Waals surface area contributed by atoms with Crippen LogP contribution in [0.1, 0.15) is 66.8 Å². The molecule has 11 heteroatoms. The van der Waals surface area contributed by atoms with E-state index >= 15 is 0 Å². The summed E-state index contributed by atoms with van der Waals surface area (Å²) in [4.78, 5) is 31.3. The second-order valence-corrected chi connectivity index (χ2v) is 12.6. The highest BCUT2D eigenvalue weighted by atomic mass is 16.8. The van der Waals surface area contributed by atoms with Crippen LogP contribution in [0.15, 0.2) is 85.1 Å². The number of carbonyl (C=O) groups is 2. The van der Waals surface area contributed by atoms with Crippen molar-refractivity contribution in [2.75, 3.05) is 32.4 Å². The molecule has 4 unspecified atom stereocenters. The third-order valence-corrected chi connectivity index (χ3v) is 8.30. The second-order valence-electron chi connectivity index (χ2n) is 12.6. The molecular formula is C39H46N2O9. The van der Waals surface area contributed by atoms with Gasteiger partial charge in [0.25, 0.3) is 0 Å². The molecule has 3 heterocycles. The van der Waals surface area contributed by atoms with Crippen LogP contribution in [0, 0.1) is 5.92 Å². The number of aromatic nitrogens is 1. The summed E-state index contributed by atoms with van der Waals surface area (Å²) in [5, 5.41) is 3.27. The zero-order valence-corrected chi connectivity index (χ0v) is 29.2. The van der Waals surface area contributed by atoms with E-state index in [1.54, 1.807) is 48.7 Å². The van der Waals surface area contributed by atoms with Crippen molar-refractivity contribution in [3.05, 3.63) is 102 Å². The highest BCUT2D eigenvalue weighted by Gasteiger charge is 2.45. The maximum Gasteiger partial charge on any atom is 0.342 e. The van der Waals surface area contributed by atoms with Gasteiger partial charge in [-0.25, -0.2) is 14.6 Å². The fourth-order valence-electron chi connectivity index (χ4n) is 5.64. The Labute approximate surface area is 293 Å². The molecule has 2 aromatic carbocycles. The quantitative estimate of drug-likeness (QED) is 0.0987. The predicted molar refractivity (Wildman–Crippen MR) is 188 cm³/mol. The average molecular weight is 687 g/mol. The Bertz CT molecular complexity index is 1630. The number of fused-ring (bicyclic) bond motifs is 2. The molecule has 1 N–H and O–H groups in total. The molecule has 266 valence electrons. The topological polar surface area (TPSA) is 124 Å². The van der Waals surface area contributed by atoms with E-state index in [-0.39, 0.29) is 24.0 Å². The number of nitrogens with one attached hydrogen (secondary N) is 1. The van der Waals surface area contributed by atoms with Crippen molar-refractivity contribution in [1.29, 1.82) is 0 Å². The second kappa shape index (κ2) is 17.3. The molecule has 0 radical (unpaired) electrons. The lowest BCUT2D eigenvalue weighted by atomic mass is 9.98. The Hall–Kier alpha value is -4.71. The number of benzene rings is 2. The first-order chi connectivity index (χ1) is 24.1. The molecule has 50 heavy (non-hydrogen) atoms. The van der Waals surface area contributed by atoms with Gasteiger partial charge in [-0.1, -0.05) is 49.4 Å². The minimum atomic E-state index is -0.925. The molecule has 0 amide bonds. The van der Waals surface area contributed by atoms with Crippen molar-refractivity contribution in [2.24, 2.45) is 5.92 Å². The van der Waals surface area contributed by atoms with E-state index in [1.165, 1.54) is 7.11 Å². The van der Waals surface area contributed by atoms with Gasteiger partial charge in [0, 0.05) is 31.8 Å². The molecule has 1 aromatic heterocycles. The monoisotopic (exact) mass is 686 g/mol. The number of rotatable bonds is 11. The lowest BCUT2D eigenvalue weighted by Gasteiger charge is -2.25. The summed E-state index contributed by atoms with van der Waals surface area (Å²) < 4.78 is 41.9. The summed E-state index contributed by atoms with van der Waals surface area (Å²) >= 11 is 0. The molecule has 2 aliphatic heterocycles. The molecule has 1 saturated heterocycles. The Morgan fingerprint density at radius 1 is 1.02 bits per heavy atom. The summed E-state index contributed by atoms with van der Waals surface area (Å²) in [6.07, 6.45) is 7.81. The Kier molecular flexibility index (Phi) is 12.6. The number of esters is 2. The number of hydrogen-bond acceptors (Lipinski definition) is 11.